The third kappa shape index (κ3) is 6.18. The predicted octanol–water partition coefficient (Wildman–Crippen LogP) is 0.613. The van der Waals surface area contributed by atoms with Crippen LogP contribution in [0.5, 0.6) is 5.75 Å². The second-order valence-corrected chi connectivity index (χ2v) is 4.30. The summed E-state index contributed by atoms with van der Waals surface area (Å²) in [6.45, 7) is 4.02. The summed E-state index contributed by atoms with van der Waals surface area (Å²) in [6.07, 6.45) is 5.19. The van der Waals surface area contributed by atoms with Crippen LogP contribution < -0.4 is 20.7 Å². The Balaban J connectivity index is 2.41. The minimum atomic E-state index is -0.139. The first-order chi connectivity index (χ1) is 10.7. The maximum atomic E-state index is 11.9. The molecule has 3 N–H and O–H groups in total. The Morgan fingerprint density at radius 2 is 2.00 bits per heavy atom. The van der Waals surface area contributed by atoms with Crippen LogP contribution in [0.3, 0.4) is 0 Å². The molecule has 0 spiro atoms. The van der Waals surface area contributed by atoms with Gasteiger partial charge in [-0.05, 0) is 31.2 Å². The maximum Gasteiger partial charge on any atom is 0.251 e. The lowest BCUT2D eigenvalue weighted by molar-refractivity contribution is 0.0955. The molecule has 0 radical (unpaired) electrons. The van der Waals surface area contributed by atoms with Crippen LogP contribution in [0.4, 0.5) is 0 Å². The number of nitrogens with one attached hydrogen (secondary N) is 3. The van der Waals surface area contributed by atoms with Crippen molar-refractivity contribution in [2.75, 3.05) is 33.3 Å². The second kappa shape index (κ2) is 10.1. The fourth-order valence-electron chi connectivity index (χ4n) is 1.66. The van der Waals surface area contributed by atoms with E-state index in [1.54, 1.807) is 31.4 Å². The summed E-state index contributed by atoms with van der Waals surface area (Å²) >= 11 is 0. The van der Waals surface area contributed by atoms with E-state index in [-0.39, 0.29) is 5.91 Å². The molecule has 1 aromatic rings. The summed E-state index contributed by atoms with van der Waals surface area (Å²) in [7, 11) is 1.59. The van der Waals surface area contributed by atoms with E-state index in [1.807, 2.05) is 6.92 Å². The smallest absolute Gasteiger partial charge is 0.251 e. The molecular formula is C16H22N4O2. The summed E-state index contributed by atoms with van der Waals surface area (Å²) in [6, 6.07) is 6.94. The Labute approximate surface area is 131 Å². The topological polar surface area (TPSA) is 74.8 Å². The van der Waals surface area contributed by atoms with Crippen LogP contribution >= 0.6 is 0 Å². The average Bonchev–Trinajstić information content (AvgIpc) is 2.56. The van der Waals surface area contributed by atoms with Gasteiger partial charge in [0.05, 0.1) is 20.2 Å². The number of methoxy groups -OCH3 is 1. The molecule has 0 aliphatic heterocycles. The largest absolute Gasteiger partial charge is 0.497 e. The van der Waals surface area contributed by atoms with Gasteiger partial charge in [-0.3, -0.25) is 9.79 Å². The number of amides is 1. The molecule has 1 aromatic carbocycles. The van der Waals surface area contributed by atoms with E-state index >= 15 is 0 Å². The van der Waals surface area contributed by atoms with Gasteiger partial charge in [0.1, 0.15) is 5.75 Å². The van der Waals surface area contributed by atoms with Crippen molar-refractivity contribution in [1.29, 1.82) is 0 Å². The molecule has 0 aliphatic rings. The zero-order valence-corrected chi connectivity index (χ0v) is 13.0. The molecule has 0 aliphatic carbocycles. The Hall–Kier alpha value is -2.68. The van der Waals surface area contributed by atoms with E-state index in [0.29, 0.717) is 31.2 Å². The zero-order valence-electron chi connectivity index (χ0n) is 13.0. The van der Waals surface area contributed by atoms with Crippen molar-refractivity contribution >= 4 is 11.9 Å². The minimum Gasteiger partial charge on any atom is -0.497 e. The van der Waals surface area contributed by atoms with Crippen LogP contribution in [0.25, 0.3) is 0 Å². The Morgan fingerprint density at radius 3 is 2.59 bits per heavy atom. The van der Waals surface area contributed by atoms with Crippen LogP contribution in [0.1, 0.15) is 17.3 Å². The van der Waals surface area contributed by atoms with E-state index in [1.165, 1.54) is 0 Å². The van der Waals surface area contributed by atoms with Gasteiger partial charge in [0.25, 0.3) is 5.91 Å². The molecule has 0 saturated carbocycles. The van der Waals surface area contributed by atoms with E-state index in [9.17, 15) is 4.79 Å². The third-order valence-corrected chi connectivity index (χ3v) is 2.72. The van der Waals surface area contributed by atoms with Gasteiger partial charge in [-0.25, -0.2) is 0 Å². The van der Waals surface area contributed by atoms with Gasteiger partial charge in [0, 0.05) is 18.7 Å². The zero-order chi connectivity index (χ0) is 16.2. The van der Waals surface area contributed by atoms with Crippen molar-refractivity contribution < 1.29 is 9.53 Å². The number of rotatable bonds is 7. The van der Waals surface area contributed by atoms with Gasteiger partial charge in [-0.1, -0.05) is 5.92 Å². The first kappa shape index (κ1) is 17.4. The second-order valence-electron chi connectivity index (χ2n) is 4.30. The molecular weight excluding hydrogens is 280 g/mol. The van der Waals surface area contributed by atoms with Crippen LogP contribution in [0.15, 0.2) is 29.3 Å². The quantitative estimate of drug-likeness (QED) is 0.299. The van der Waals surface area contributed by atoms with Gasteiger partial charge in [-0.2, -0.15) is 0 Å². The predicted molar refractivity (Wildman–Crippen MR) is 88.1 cm³/mol. The number of terminal acetylenes is 1. The van der Waals surface area contributed by atoms with Gasteiger partial charge >= 0.3 is 0 Å². The SMILES string of the molecule is C#CCNC(=NCCNC(=O)c1ccc(OC)cc1)NCC. The molecule has 0 unspecified atom stereocenters. The normalized spacial score (nSPS) is 10.5. The molecule has 0 fully saturated rings. The highest BCUT2D eigenvalue weighted by molar-refractivity contribution is 5.94. The van der Waals surface area contributed by atoms with Crippen molar-refractivity contribution in [3.05, 3.63) is 29.8 Å². The van der Waals surface area contributed by atoms with Crippen LogP contribution in [-0.2, 0) is 0 Å². The molecule has 0 atom stereocenters. The molecule has 6 nitrogen and oxygen atoms in total. The monoisotopic (exact) mass is 302 g/mol. The molecule has 0 heterocycles. The lowest BCUT2D eigenvalue weighted by Gasteiger charge is -2.09. The standard InChI is InChI=1S/C16H22N4O2/c1-4-10-19-16(17-5-2)20-12-11-18-15(21)13-6-8-14(22-3)9-7-13/h1,6-9H,5,10-12H2,2-3H3,(H,18,21)(H2,17,19,20). The maximum absolute atomic E-state index is 11.9. The molecule has 6 heteroatoms. The fraction of sp³-hybridized carbons (Fsp3) is 0.375. The summed E-state index contributed by atoms with van der Waals surface area (Å²) in [5, 5.41) is 8.85. The van der Waals surface area contributed by atoms with E-state index in [2.05, 4.69) is 26.9 Å². The van der Waals surface area contributed by atoms with E-state index in [4.69, 9.17) is 11.2 Å². The number of aliphatic imine (C=N–C) groups is 1. The number of guanidine groups is 1. The van der Waals surface area contributed by atoms with Crippen molar-refractivity contribution in [2.45, 2.75) is 6.92 Å². The van der Waals surface area contributed by atoms with Crippen LogP contribution in [0.2, 0.25) is 0 Å². The average molecular weight is 302 g/mol. The van der Waals surface area contributed by atoms with Crippen molar-refractivity contribution in [1.82, 2.24) is 16.0 Å². The molecule has 1 rings (SSSR count). The first-order valence-electron chi connectivity index (χ1n) is 7.09. The van der Waals surface area contributed by atoms with Gasteiger partial charge < -0.3 is 20.7 Å². The number of carbonyl (C=O) groups excluding carboxylic acids is 1. The minimum absolute atomic E-state index is 0.139. The van der Waals surface area contributed by atoms with Crippen molar-refractivity contribution in [3.8, 4) is 18.1 Å². The summed E-state index contributed by atoms with van der Waals surface area (Å²) < 4.78 is 5.05. The summed E-state index contributed by atoms with van der Waals surface area (Å²) in [5.74, 6) is 3.70. The van der Waals surface area contributed by atoms with E-state index < -0.39 is 0 Å². The van der Waals surface area contributed by atoms with Gasteiger partial charge in [0.2, 0.25) is 0 Å². The highest BCUT2D eigenvalue weighted by Crippen LogP contribution is 2.10. The van der Waals surface area contributed by atoms with E-state index in [0.717, 1.165) is 12.3 Å². The number of ether oxygens (including phenoxy) is 1. The number of benzene rings is 1. The van der Waals surface area contributed by atoms with Gasteiger partial charge in [-0.15, -0.1) is 6.42 Å². The molecule has 0 aromatic heterocycles. The molecule has 22 heavy (non-hydrogen) atoms. The first-order valence-corrected chi connectivity index (χ1v) is 7.09. The molecule has 1 amide bonds. The molecule has 0 saturated heterocycles. The Kier molecular flexibility index (Phi) is 7.98. The third-order valence-electron chi connectivity index (χ3n) is 2.72. The van der Waals surface area contributed by atoms with Crippen molar-refractivity contribution in [2.24, 2.45) is 4.99 Å². The lowest BCUT2D eigenvalue weighted by atomic mass is 10.2. The highest BCUT2D eigenvalue weighted by Gasteiger charge is 2.04. The van der Waals surface area contributed by atoms with Gasteiger partial charge in [0.15, 0.2) is 5.96 Å². The Morgan fingerprint density at radius 1 is 1.27 bits per heavy atom. The number of nitrogens with zero attached hydrogens (tertiary/aromatic N) is 1. The lowest BCUT2D eigenvalue weighted by Crippen LogP contribution is -2.38. The summed E-state index contributed by atoms with van der Waals surface area (Å²) in [4.78, 5) is 16.2. The molecule has 0 bridgehead atoms. The number of hydrogen-bond donors (Lipinski definition) is 3. The Bertz CT molecular complexity index is 532. The number of carbonyl (C=O) groups is 1. The summed E-state index contributed by atoms with van der Waals surface area (Å²) in [5.41, 5.74) is 0.585. The molecule has 118 valence electrons. The number of hydrogen-bond acceptors (Lipinski definition) is 3. The highest BCUT2D eigenvalue weighted by atomic mass is 16.5. The van der Waals surface area contributed by atoms with Crippen LogP contribution in [-0.4, -0.2) is 45.2 Å². The van der Waals surface area contributed by atoms with Crippen LogP contribution in [0, 0.1) is 12.3 Å². The fourth-order valence-corrected chi connectivity index (χ4v) is 1.66. The van der Waals surface area contributed by atoms with Crippen molar-refractivity contribution in [3.63, 3.8) is 0 Å².